The summed E-state index contributed by atoms with van der Waals surface area (Å²) in [5.41, 5.74) is 0.773. The second-order valence-corrected chi connectivity index (χ2v) is 4.59. The van der Waals surface area contributed by atoms with Gasteiger partial charge in [0.15, 0.2) is 5.78 Å². The van der Waals surface area contributed by atoms with Crippen molar-refractivity contribution in [1.82, 2.24) is 5.32 Å². The highest BCUT2D eigenvalue weighted by atomic mass is 16.1. The minimum atomic E-state index is 0.143. The molecule has 2 rings (SSSR count). The maximum atomic E-state index is 12.0. The van der Waals surface area contributed by atoms with Crippen LogP contribution >= 0.6 is 0 Å². The number of unbranched alkanes of at least 4 members (excludes halogenated alkanes) is 1. The normalized spacial score (nSPS) is 10.5. The van der Waals surface area contributed by atoms with Gasteiger partial charge in [-0.05, 0) is 36.2 Å². The molecule has 98 valence electrons. The summed E-state index contributed by atoms with van der Waals surface area (Å²) in [6.07, 6.45) is 3.90. The van der Waals surface area contributed by atoms with Crippen LogP contribution in [0, 0.1) is 0 Å². The first kappa shape index (κ1) is 13.5. The highest BCUT2D eigenvalue weighted by molar-refractivity contribution is 6.01. The molecule has 0 bridgehead atoms. The van der Waals surface area contributed by atoms with E-state index in [9.17, 15) is 4.79 Å². The molecule has 0 unspecified atom stereocenters. The zero-order chi connectivity index (χ0) is 13.5. The summed E-state index contributed by atoms with van der Waals surface area (Å²) in [4.78, 5) is 12.0. The van der Waals surface area contributed by atoms with Gasteiger partial charge in [0.2, 0.25) is 0 Å². The van der Waals surface area contributed by atoms with Gasteiger partial charge in [0.1, 0.15) is 0 Å². The second-order valence-electron chi connectivity index (χ2n) is 4.59. The Morgan fingerprint density at radius 2 is 1.95 bits per heavy atom. The molecule has 0 amide bonds. The largest absolute Gasteiger partial charge is 0.310 e. The van der Waals surface area contributed by atoms with Crippen LogP contribution in [-0.2, 0) is 0 Å². The third-order valence-electron chi connectivity index (χ3n) is 3.12. The van der Waals surface area contributed by atoms with Gasteiger partial charge >= 0.3 is 0 Å². The molecule has 0 atom stereocenters. The standard InChI is InChI=1S/C17H19NO/c1-2-3-6-11-18-13-17(19)16-10-9-14-7-4-5-8-15(14)12-16/h2,4-5,7-10,12,18H,1,3,6,11,13H2. The highest BCUT2D eigenvalue weighted by Crippen LogP contribution is 2.15. The lowest BCUT2D eigenvalue weighted by atomic mass is 10.0. The Morgan fingerprint density at radius 1 is 1.16 bits per heavy atom. The Hall–Kier alpha value is -1.93. The van der Waals surface area contributed by atoms with Gasteiger partial charge in [0.05, 0.1) is 6.54 Å². The predicted molar refractivity (Wildman–Crippen MR) is 80.6 cm³/mol. The first-order chi connectivity index (χ1) is 9.31. The van der Waals surface area contributed by atoms with E-state index in [4.69, 9.17) is 0 Å². The minimum absolute atomic E-state index is 0.143. The summed E-state index contributed by atoms with van der Waals surface area (Å²) in [5.74, 6) is 0.143. The van der Waals surface area contributed by atoms with Gasteiger partial charge in [-0.1, -0.05) is 42.5 Å². The molecular formula is C17H19NO. The monoisotopic (exact) mass is 253 g/mol. The van der Waals surface area contributed by atoms with Gasteiger partial charge in [0.25, 0.3) is 0 Å². The number of hydrogen-bond acceptors (Lipinski definition) is 2. The van der Waals surface area contributed by atoms with Crippen LogP contribution in [0.2, 0.25) is 0 Å². The number of ketones is 1. The molecule has 0 aliphatic carbocycles. The molecule has 2 nitrogen and oxygen atoms in total. The lowest BCUT2D eigenvalue weighted by molar-refractivity contribution is 0.0991. The molecular weight excluding hydrogens is 234 g/mol. The highest BCUT2D eigenvalue weighted by Gasteiger charge is 2.05. The fraction of sp³-hybridized carbons (Fsp3) is 0.235. The molecule has 0 saturated carbocycles. The quantitative estimate of drug-likeness (QED) is 0.464. The van der Waals surface area contributed by atoms with E-state index in [0.717, 1.165) is 35.7 Å². The van der Waals surface area contributed by atoms with Crippen molar-refractivity contribution in [2.45, 2.75) is 12.8 Å². The zero-order valence-electron chi connectivity index (χ0n) is 11.1. The van der Waals surface area contributed by atoms with E-state index < -0.39 is 0 Å². The van der Waals surface area contributed by atoms with Crippen LogP contribution < -0.4 is 5.32 Å². The van der Waals surface area contributed by atoms with Crippen molar-refractivity contribution in [3.05, 3.63) is 60.7 Å². The van der Waals surface area contributed by atoms with E-state index in [1.54, 1.807) is 0 Å². The molecule has 0 fully saturated rings. The number of hydrogen-bond donors (Lipinski definition) is 1. The van der Waals surface area contributed by atoms with Crippen LogP contribution in [0.25, 0.3) is 10.8 Å². The smallest absolute Gasteiger partial charge is 0.176 e. The lowest BCUT2D eigenvalue weighted by Gasteiger charge is -2.05. The van der Waals surface area contributed by atoms with Gasteiger partial charge in [-0.25, -0.2) is 0 Å². The summed E-state index contributed by atoms with van der Waals surface area (Å²) in [6, 6.07) is 13.9. The number of Topliss-reactive ketones (excluding diaryl/α,β-unsaturated/α-hetero) is 1. The molecule has 0 saturated heterocycles. The summed E-state index contributed by atoms with van der Waals surface area (Å²) < 4.78 is 0. The number of carbonyl (C=O) groups is 1. The number of carbonyl (C=O) groups excluding carboxylic acids is 1. The van der Waals surface area contributed by atoms with Crippen molar-refractivity contribution in [2.24, 2.45) is 0 Å². The summed E-state index contributed by atoms with van der Waals surface area (Å²) >= 11 is 0. The van der Waals surface area contributed by atoms with Crippen molar-refractivity contribution in [2.75, 3.05) is 13.1 Å². The van der Waals surface area contributed by atoms with Gasteiger partial charge in [-0.3, -0.25) is 4.79 Å². The first-order valence-corrected chi connectivity index (χ1v) is 6.65. The van der Waals surface area contributed by atoms with Crippen molar-refractivity contribution in [1.29, 1.82) is 0 Å². The third-order valence-corrected chi connectivity index (χ3v) is 3.12. The van der Waals surface area contributed by atoms with Gasteiger partial charge in [-0.2, -0.15) is 0 Å². The van der Waals surface area contributed by atoms with E-state index in [0.29, 0.717) is 6.54 Å². The van der Waals surface area contributed by atoms with Crippen molar-refractivity contribution >= 4 is 16.6 Å². The van der Waals surface area contributed by atoms with Crippen LogP contribution in [-0.4, -0.2) is 18.9 Å². The third kappa shape index (κ3) is 3.76. The summed E-state index contributed by atoms with van der Waals surface area (Å²) in [7, 11) is 0. The van der Waals surface area contributed by atoms with Gasteiger partial charge in [0, 0.05) is 5.56 Å². The second kappa shape index (κ2) is 6.86. The molecule has 0 radical (unpaired) electrons. The Morgan fingerprint density at radius 3 is 2.74 bits per heavy atom. The zero-order valence-corrected chi connectivity index (χ0v) is 11.1. The van der Waals surface area contributed by atoms with E-state index in [2.05, 4.69) is 18.0 Å². The SMILES string of the molecule is C=CCCCNCC(=O)c1ccc2ccccc2c1. The molecule has 2 aromatic carbocycles. The Kier molecular flexibility index (Phi) is 4.87. The van der Waals surface area contributed by atoms with Crippen LogP contribution in [0.5, 0.6) is 0 Å². The fourth-order valence-corrected chi connectivity index (χ4v) is 2.04. The van der Waals surface area contributed by atoms with Crippen molar-refractivity contribution in [3.8, 4) is 0 Å². The minimum Gasteiger partial charge on any atom is -0.310 e. The van der Waals surface area contributed by atoms with Gasteiger partial charge in [-0.15, -0.1) is 6.58 Å². The Labute approximate surface area is 114 Å². The van der Waals surface area contributed by atoms with Crippen LogP contribution in [0.15, 0.2) is 55.1 Å². The van der Waals surface area contributed by atoms with E-state index in [1.165, 1.54) is 0 Å². The fourth-order valence-electron chi connectivity index (χ4n) is 2.04. The molecule has 2 heteroatoms. The molecule has 0 aliphatic rings. The van der Waals surface area contributed by atoms with Gasteiger partial charge < -0.3 is 5.32 Å². The lowest BCUT2D eigenvalue weighted by Crippen LogP contribution is -2.23. The Bertz CT molecular complexity index is 574. The van der Waals surface area contributed by atoms with E-state index in [-0.39, 0.29) is 5.78 Å². The number of benzene rings is 2. The van der Waals surface area contributed by atoms with Crippen LogP contribution in [0.4, 0.5) is 0 Å². The molecule has 1 N–H and O–H groups in total. The van der Waals surface area contributed by atoms with E-state index >= 15 is 0 Å². The van der Waals surface area contributed by atoms with Crippen LogP contribution in [0.3, 0.4) is 0 Å². The maximum Gasteiger partial charge on any atom is 0.176 e. The average molecular weight is 253 g/mol. The predicted octanol–water partition coefficient (Wildman–Crippen LogP) is 3.58. The number of nitrogens with one attached hydrogen (secondary N) is 1. The Balaban J connectivity index is 1.95. The summed E-state index contributed by atoms with van der Waals surface area (Å²) in [6.45, 7) is 4.93. The molecule has 0 heterocycles. The molecule has 0 aromatic heterocycles. The molecule has 0 spiro atoms. The number of allylic oxidation sites excluding steroid dienone is 1. The van der Waals surface area contributed by atoms with Crippen molar-refractivity contribution in [3.63, 3.8) is 0 Å². The maximum absolute atomic E-state index is 12.0. The van der Waals surface area contributed by atoms with Crippen molar-refractivity contribution < 1.29 is 4.79 Å². The number of fused-ring (bicyclic) bond motifs is 1. The first-order valence-electron chi connectivity index (χ1n) is 6.65. The van der Waals surface area contributed by atoms with E-state index in [1.807, 2.05) is 42.5 Å². The molecule has 2 aromatic rings. The molecule has 19 heavy (non-hydrogen) atoms. The topological polar surface area (TPSA) is 29.1 Å². The van der Waals surface area contributed by atoms with Crippen LogP contribution in [0.1, 0.15) is 23.2 Å². The summed E-state index contributed by atoms with van der Waals surface area (Å²) in [5, 5.41) is 5.45. The average Bonchev–Trinajstić information content (AvgIpc) is 2.46. The number of rotatable bonds is 7. The molecule has 0 aliphatic heterocycles.